The fourth-order valence-electron chi connectivity index (χ4n) is 6.98. The van der Waals surface area contributed by atoms with E-state index in [-0.39, 0.29) is 37.5 Å². The summed E-state index contributed by atoms with van der Waals surface area (Å²) in [5.74, 6) is -0.997. The Kier molecular flexibility index (Phi) is 52.1. The molecule has 0 spiro atoms. The van der Waals surface area contributed by atoms with E-state index < -0.39 is 6.10 Å². The number of esters is 3. The van der Waals surface area contributed by atoms with Crippen LogP contribution in [0.3, 0.4) is 0 Å². The van der Waals surface area contributed by atoms with E-state index in [2.05, 4.69) is 93.7 Å². The molecule has 0 aromatic carbocycles. The van der Waals surface area contributed by atoms with Gasteiger partial charge >= 0.3 is 17.9 Å². The molecule has 0 aromatic heterocycles. The van der Waals surface area contributed by atoms with Crippen molar-refractivity contribution in [1.82, 2.24) is 0 Å². The van der Waals surface area contributed by atoms with Crippen LogP contribution in [-0.4, -0.2) is 37.2 Å². The highest BCUT2D eigenvalue weighted by Crippen LogP contribution is 2.14. The Labute approximate surface area is 423 Å². The van der Waals surface area contributed by atoms with Crippen molar-refractivity contribution in [2.45, 2.75) is 219 Å². The highest BCUT2D eigenvalue weighted by molar-refractivity contribution is 5.71. The summed E-state index contributed by atoms with van der Waals surface area (Å²) >= 11 is 0. The van der Waals surface area contributed by atoms with E-state index in [9.17, 15) is 14.4 Å². The highest BCUT2D eigenvalue weighted by atomic mass is 16.6. The second kappa shape index (κ2) is 55.9. The van der Waals surface area contributed by atoms with Crippen LogP contribution in [0.4, 0.5) is 0 Å². The van der Waals surface area contributed by atoms with Gasteiger partial charge in [-0.05, 0) is 83.5 Å². The first-order valence-corrected chi connectivity index (χ1v) is 27.4. The predicted molar refractivity (Wildman–Crippen MR) is 297 cm³/mol. The molecule has 0 saturated carbocycles. The molecule has 386 valence electrons. The second-order valence-electron chi connectivity index (χ2n) is 17.6. The Morgan fingerprint density at radius 2 is 0.638 bits per heavy atom. The molecule has 1 atom stereocenters. The number of hydrogen-bond donors (Lipinski definition) is 0. The SMILES string of the molecule is CC\C=C/C=C\C=C/C=C\C=C\C=C/C=C\CCCCCC(=O)OCC(COC(=O)CCCCCCCCCCCCCCC)OC(=O)CCCCC/C=C\C/C=C\C/C=C\C/C=C\C/C=C\CC. The summed E-state index contributed by atoms with van der Waals surface area (Å²) in [4.78, 5) is 38.1. The van der Waals surface area contributed by atoms with Crippen molar-refractivity contribution in [3.05, 3.63) is 146 Å². The zero-order chi connectivity index (χ0) is 50.0. The average Bonchev–Trinajstić information content (AvgIpc) is 3.35. The monoisotopic (exact) mass is 951 g/mol. The quantitative estimate of drug-likeness (QED) is 0.0199. The number of allylic oxidation sites excluding steroid dienone is 24. The number of hydrogen-bond acceptors (Lipinski definition) is 6. The summed E-state index contributed by atoms with van der Waals surface area (Å²) in [5, 5.41) is 0. The Morgan fingerprint density at radius 3 is 1.06 bits per heavy atom. The summed E-state index contributed by atoms with van der Waals surface area (Å²) < 4.78 is 16.8. The smallest absolute Gasteiger partial charge is 0.306 e. The second-order valence-corrected chi connectivity index (χ2v) is 17.6. The maximum absolute atomic E-state index is 12.8. The molecule has 0 aromatic rings. The van der Waals surface area contributed by atoms with Gasteiger partial charge in [-0.3, -0.25) is 14.4 Å². The molecule has 0 aliphatic rings. The Balaban J connectivity index is 4.58. The van der Waals surface area contributed by atoms with Crippen LogP contribution in [0.5, 0.6) is 0 Å². The molecule has 0 radical (unpaired) electrons. The zero-order valence-corrected chi connectivity index (χ0v) is 44.0. The van der Waals surface area contributed by atoms with Crippen molar-refractivity contribution in [2.24, 2.45) is 0 Å². The minimum Gasteiger partial charge on any atom is -0.462 e. The molecule has 0 heterocycles. The third kappa shape index (κ3) is 54.1. The van der Waals surface area contributed by atoms with E-state index in [0.29, 0.717) is 19.3 Å². The van der Waals surface area contributed by atoms with Crippen molar-refractivity contribution in [2.75, 3.05) is 13.2 Å². The van der Waals surface area contributed by atoms with E-state index in [4.69, 9.17) is 14.2 Å². The van der Waals surface area contributed by atoms with Gasteiger partial charge in [0.1, 0.15) is 13.2 Å². The van der Waals surface area contributed by atoms with Crippen molar-refractivity contribution in [3.63, 3.8) is 0 Å². The van der Waals surface area contributed by atoms with Crippen LogP contribution in [0.25, 0.3) is 0 Å². The maximum atomic E-state index is 12.8. The molecule has 0 rings (SSSR count). The van der Waals surface area contributed by atoms with Gasteiger partial charge in [0.15, 0.2) is 6.10 Å². The van der Waals surface area contributed by atoms with Gasteiger partial charge in [-0.2, -0.15) is 0 Å². The lowest BCUT2D eigenvalue weighted by atomic mass is 10.0. The van der Waals surface area contributed by atoms with Crippen molar-refractivity contribution in [3.8, 4) is 0 Å². The standard InChI is InChI=1S/C63H98O6/c1-4-7-10-13-16-19-22-25-27-29-31-33-35-38-41-44-47-50-53-56-62(65)68-59-60(58-67-61(64)55-52-49-46-43-40-37-24-21-18-15-12-9-6-3)69-63(66)57-54-51-48-45-42-39-36-34-32-30-28-26-23-20-17-14-11-8-5-2/h7-8,10-11,13,16-17,19-20,22,25-29,31-35,38-39,41-42,60H,4-6,9,12,14-15,18,21,23-24,30,36-37,40,43-59H2,1-3H3/b10-7-,11-8-,16-13-,20-17-,22-19-,27-25-,28-26-,31-29+,34-32-,35-33-,41-38-,42-39-. The van der Waals surface area contributed by atoms with Gasteiger partial charge in [-0.25, -0.2) is 0 Å². The first-order chi connectivity index (χ1) is 34.0. The molecule has 6 nitrogen and oxygen atoms in total. The predicted octanol–water partition coefficient (Wildman–Crippen LogP) is 18.4. The number of rotatable bonds is 47. The number of carbonyl (C=O) groups is 3. The van der Waals surface area contributed by atoms with E-state index in [1.54, 1.807) is 0 Å². The van der Waals surface area contributed by atoms with Gasteiger partial charge in [-0.15, -0.1) is 0 Å². The normalized spacial score (nSPS) is 13.3. The lowest BCUT2D eigenvalue weighted by Gasteiger charge is -2.18. The van der Waals surface area contributed by atoms with Gasteiger partial charge in [-0.1, -0.05) is 256 Å². The lowest BCUT2D eigenvalue weighted by molar-refractivity contribution is -0.167. The van der Waals surface area contributed by atoms with E-state index >= 15 is 0 Å². The largest absolute Gasteiger partial charge is 0.462 e. The van der Waals surface area contributed by atoms with Gasteiger partial charge < -0.3 is 14.2 Å². The summed E-state index contributed by atoms with van der Waals surface area (Å²) in [7, 11) is 0. The minimum atomic E-state index is -0.820. The first-order valence-electron chi connectivity index (χ1n) is 27.4. The minimum absolute atomic E-state index is 0.111. The summed E-state index contributed by atoms with van der Waals surface area (Å²) in [6.45, 7) is 6.30. The van der Waals surface area contributed by atoms with E-state index in [0.717, 1.165) is 103 Å². The number of unbranched alkanes of at least 4 members (excludes halogenated alkanes) is 18. The summed E-state index contributed by atoms with van der Waals surface area (Å²) in [5.41, 5.74) is 0. The molecule has 69 heavy (non-hydrogen) atoms. The average molecular weight is 951 g/mol. The fourth-order valence-corrected chi connectivity index (χ4v) is 6.98. The van der Waals surface area contributed by atoms with Crippen molar-refractivity contribution < 1.29 is 28.6 Å². The molecule has 0 aliphatic carbocycles. The fraction of sp³-hybridized carbons (Fsp3) is 0.571. The van der Waals surface area contributed by atoms with Crippen LogP contribution in [0.1, 0.15) is 213 Å². The van der Waals surface area contributed by atoms with Crippen LogP contribution in [0, 0.1) is 0 Å². The van der Waals surface area contributed by atoms with Gasteiger partial charge in [0.2, 0.25) is 0 Å². The molecule has 0 saturated heterocycles. The Hall–Kier alpha value is -4.71. The molecule has 0 amide bonds. The van der Waals surface area contributed by atoms with Crippen LogP contribution >= 0.6 is 0 Å². The third-order valence-electron chi connectivity index (χ3n) is 11.0. The molecular weight excluding hydrogens is 853 g/mol. The van der Waals surface area contributed by atoms with Gasteiger partial charge in [0.25, 0.3) is 0 Å². The number of ether oxygens (including phenoxy) is 3. The van der Waals surface area contributed by atoms with Crippen molar-refractivity contribution >= 4 is 17.9 Å². The Morgan fingerprint density at radius 1 is 0.319 bits per heavy atom. The highest BCUT2D eigenvalue weighted by Gasteiger charge is 2.19. The number of carbonyl (C=O) groups excluding carboxylic acids is 3. The van der Waals surface area contributed by atoms with Crippen LogP contribution in [0.15, 0.2) is 146 Å². The molecule has 1 unspecified atom stereocenters. The van der Waals surface area contributed by atoms with E-state index in [1.165, 1.54) is 64.2 Å². The molecule has 6 heteroatoms. The zero-order valence-electron chi connectivity index (χ0n) is 44.0. The summed E-state index contributed by atoms with van der Waals surface area (Å²) in [6, 6.07) is 0. The molecule has 0 bridgehead atoms. The van der Waals surface area contributed by atoms with Gasteiger partial charge in [0.05, 0.1) is 0 Å². The van der Waals surface area contributed by atoms with E-state index in [1.807, 2.05) is 72.9 Å². The maximum Gasteiger partial charge on any atom is 0.306 e. The lowest BCUT2D eigenvalue weighted by Crippen LogP contribution is -2.30. The molecule has 0 N–H and O–H groups in total. The summed E-state index contributed by atoms with van der Waals surface area (Å²) in [6.07, 6.45) is 79.7. The third-order valence-corrected chi connectivity index (χ3v) is 11.0. The molecular formula is C63H98O6. The van der Waals surface area contributed by atoms with Crippen LogP contribution in [0.2, 0.25) is 0 Å². The Bertz CT molecular complexity index is 1560. The first kappa shape index (κ1) is 64.3. The molecule has 0 aliphatic heterocycles. The van der Waals surface area contributed by atoms with Crippen molar-refractivity contribution in [1.29, 1.82) is 0 Å². The van der Waals surface area contributed by atoms with Crippen LogP contribution < -0.4 is 0 Å². The van der Waals surface area contributed by atoms with Gasteiger partial charge in [0, 0.05) is 19.3 Å². The van der Waals surface area contributed by atoms with Crippen LogP contribution in [-0.2, 0) is 28.6 Å². The molecule has 0 fully saturated rings. The topological polar surface area (TPSA) is 78.9 Å².